The monoisotopic (exact) mass is 360 g/mol. The third-order valence-electron chi connectivity index (χ3n) is 4.58. The third-order valence-corrected chi connectivity index (χ3v) is 4.58. The summed E-state index contributed by atoms with van der Waals surface area (Å²) in [6.07, 6.45) is 5.77. The Kier molecular flexibility index (Phi) is 4.46. The summed E-state index contributed by atoms with van der Waals surface area (Å²) in [4.78, 5) is 22.9. The van der Waals surface area contributed by atoms with E-state index in [4.69, 9.17) is 4.74 Å². The van der Waals surface area contributed by atoms with E-state index in [0.29, 0.717) is 23.7 Å². The topological polar surface area (TPSA) is 67.4 Å². The number of pyridine rings is 2. The van der Waals surface area contributed by atoms with Crippen LogP contribution in [0.5, 0.6) is 5.75 Å². The molecule has 0 spiro atoms. The number of carbonyl (C=O) groups is 1. The summed E-state index contributed by atoms with van der Waals surface area (Å²) in [6.45, 7) is 0.583. The van der Waals surface area contributed by atoms with Crippen molar-refractivity contribution in [3.05, 3.63) is 66.1 Å². The first-order valence-corrected chi connectivity index (χ1v) is 8.77. The number of benzene rings is 1. The van der Waals surface area contributed by atoms with Gasteiger partial charge in [0, 0.05) is 61.5 Å². The highest BCUT2D eigenvalue weighted by atomic mass is 16.5. The first-order valence-electron chi connectivity index (χ1n) is 8.77. The van der Waals surface area contributed by atoms with Crippen LogP contribution in [0.15, 0.2) is 55.0 Å². The molecule has 0 radical (unpaired) electrons. The highest BCUT2D eigenvalue weighted by molar-refractivity contribution is 6.04. The second-order valence-corrected chi connectivity index (χ2v) is 6.56. The lowest BCUT2D eigenvalue weighted by atomic mass is 9.99. The number of nitrogens with one attached hydrogen (secondary N) is 1. The molecule has 0 atom stereocenters. The summed E-state index contributed by atoms with van der Waals surface area (Å²) in [7, 11) is 4.03. The lowest BCUT2D eigenvalue weighted by molar-refractivity contribution is 0.102. The first-order chi connectivity index (χ1) is 13.1. The van der Waals surface area contributed by atoms with Crippen molar-refractivity contribution in [1.29, 1.82) is 0 Å². The Bertz CT molecular complexity index is 987. The van der Waals surface area contributed by atoms with Crippen LogP contribution in [0.2, 0.25) is 0 Å². The quantitative estimate of drug-likeness (QED) is 0.772. The second-order valence-electron chi connectivity index (χ2n) is 6.56. The number of rotatable bonds is 4. The molecule has 1 N–H and O–H groups in total. The van der Waals surface area contributed by atoms with Crippen LogP contribution in [0, 0.1) is 0 Å². The van der Waals surface area contributed by atoms with E-state index in [-0.39, 0.29) is 5.91 Å². The highest BCUT2D eigenvalue weighted by Gasteiger charge is 2.23. The van der Waals surface area contributed by atoms with Crippen molar-refractivity contribution in [2.24, 2.45) is 0 Å². The van der Waals surface area contributed by atoms with Crippen LogP contribution in [0.25, 0.3) is 11.1 Å². The van der Waals surface area contributed by atoms with Gasteiger partial charge in [0.15, 0.2) is 11.6 Å². The SMILES string of the molecule is CN(C)c1cccc(-c2cnc(NC(=O)c3ccncc3)c3c2CCO3)c1. The highest BCUT2D eigenvalue weighted by Crippen LogP contribution is 2.39. The number of fused-ring (bicyclic) bond motifs is 1. The van der Waals surface area contributed by atoms with Crippen LogP contribution in [0.3, 0.4) is 0 Å². The molecule has 0 saturated heterocycles. The van der Waals surface area contributed by atoms with Crippen LogP contribution < -0.4 is 15.0 Å². The lowest BCUT2D eigenvalue weighted by Crippen LogP contribution is -2.14. The van der Waals surface area contributed by atoms with Gasteiger partial charge in [0.05, 0.1) is 6.61 Å². The number of ether oxygens (including phenoxy) is 1. The van der Waals surface area contributed by atoms with Gasteiger partial charge >= 0.3 is 0 Å². The molecular weight excluding hydrogens is 340 g/mol. The Morgan fingerprint density at radius 1 is 1.19 bits per heavy atom. The summed E-state index contributed by atoms with van der Waals surface area (Å²) in [5.41, 5.74) is 4.85. The zero-order valence-electron chi connectivity index (χ0n) is 15.3. The van der Waals surface area contributed by atoms with Crippen molar-refractivity contribution >= 4 is 17.4 Å². The Morgan fingerprint density at radius 3 is 2.78 bits per heavy atom. The maximum Gasteiger partial charge on any atom is 0.257 e. The zero-order chi connectivity index (χ0) is 18.8. The first kappa shape index (κ1) is 17.0. The minimum absolute atomic E-state index is 0.232. The van der Waals surface area contributed by atoms with Crippen LogP contribution in [-0.4, -0.2) is 36.6 Å². The molecular formula is C21H20N4O2. The molecule has 1 aliphatic rings. The third kappa shape index (κ3) is 3.33. The predicted molar refractivity (Wildman–Crippen MR) is 105 cm³/mol. The van der Waals surface area contributed by atoms with Gasteiger partial charge < -0.3 is 15.0 Å². The number of aromatic nitrogens is 2. The molecule has 0 saturated carbocycles. The molecule has 0 aliphatic carbocycles. The van der Waals surface area contributed by atoms with Gasteiger partial charge in [-0.1, -0.05) is 12.1 Å². The molecule has 0 bridgehead atoms. The molecule has 1 aliphatic heterocycles. The van der Waals surface area contributed by atoms with Crippen molar-refractivity contribution in [3.63, 3.8) is 0 Å². The van der Waals surface area contributed by atoms with Gasteiger partial charge in [0.1, 0.15) is 0 Å². The van der Waals surface area contributed by atoms with E-state index in [9.17, 15) is 4.79 Å². The molecule has 3 heterocycles. The smallest absolute Gasteiger partial charge is 0.257 e. The van der Waals surface area contributed by atoms with Crippen molar-refractivity contribution < 1.29 is 9.53 Å². The van der Waals surface area contributed by atoms with Crippen LogP contribution in [0.1, 0.15) is 15.9 Å². The van der Waals surface area contributed by atoms with Crippen LogP contribution in [0.4, 0.5) is 11.5 Å². The fourth-order valence-corrected chi connectivity index (χ4v) is 3.16. The fourth-order valence-electron chi connectivity index (χ4n) is 3.16. The van der Waals surface area contributed by atoms with E-state index in [2.05, 4.69) is 38.4 Å². The molecule has 0 unspecified atom stereocenters. The molecule has 0 fully saturated rings. The summed E-state index contributed by atoms with van der Waals surface area (Å²) in [5, 5.41) is 2.86. The maximum atomic E-state index is 12.4. The number of hydrogen-bond donors (Lipinski definition) is 1. The zero-order valence-corrected chi connectivity index (χ0v) is 15.3. The van der Waals surface area contributed by atoms with E-state index in [0.717, 1.165) is 28.8 Å². The summed E-state index contributed by atoms with van der Waals surface area (Å²) >= 11 is 0. The molecule has 136 valence electrons. The Morgan fingerprint density at radius 2 is 2.00 bits per heavy atom. The number of anilines is 2. The van der Waals surface area contributed by atoms with E-state index in [1.807, 2.05) is 26.4 Å². The minimum Gasteiger partial charge on any atom is -0.489 e. The normalized spacial score (nSPS) is 12.2. The molecule has 27 heavy (non-hydrogen) atoms. The van der Waals surface area contributed by atoms with Gasteiger partial charge in [0.25, 0.3) is 5.91 Å². The fraction of sp³-hybridized carbons (Fsp3) is 0.190. The number of amides is 1. The maximum absolute atomic E-state index is 12.4. The number of hydrogen-bond acceptors (Lipinski definition) is 5. The van der Waals surface area contributed by atoms with Gasteiger partial charge in [-0.05, 0) is 29.8 Å². The van der Waals surface area contributed by atoms with Crippen molar-refractivity contribution in [1.82, 2.24) is 9.97 Å². The van der Waals surface area contributed by atoms with Crippen LogP contribution in [-0.2, 0) is 6.42 Å². The average molecular weight is 360 g/mol. The molecule has 4 rings (SSSR count). The standard InChI is InChI=1S/C21H20N4O2/c1-25(2)16-5-3-4-15(12-16)18-13-23-20(19-17(18)8-11-27-19)24-21(26)14-6-9-22-10-7-14/h3-7,9-10,12-13H,8,11H2,1-2H3,(H,23,24,26). The Balaban J connectivity index is 1.69. The molecule has 6 nitrogen and oxygen atoms in total. The molecule has 2 aromatic heterocycles. The van der Waals surface area contributed by atoms with E-state index in [1.54, 1.807) is 24.5 Å². The van der Waals surface area contributed by atoms with Gasteiger partial charge in [-0.3, -0.25) is 9.78 Å². The second kappa shape index (κ2) is 7.07. The predicted octanol–water partition coefficient (Wildman–Crippen LogP) is 3.40. The lowest BCUT2D eigenvalue weighted by Gasteiger charge is -2.15. The van der Waals surface area contributed by atoms with Gasteiger partial charge in [-0.2, -0.15) is 0 Å². The van der Waals surface area contributed by atoms with E-state index < -0.39 is 0 Å². The van der Waals surface area contributed by atoms with Crippen molar-refractivity contribution in [3.8, 4) is 16.9 Å². The molecule has 1 aromatic carbocycles. The summed E-state index contributed by atoms with van der Waals surface area (Å²) in [5.74, 6) is 0.881. The molecule has 6 heteroatoms. The minimum atomic E-state index is -0.232. The van der Waals surface area contributed by atoms with E-state index in [1.165, 1.54) is 0 Å². The van der Waals surface area contributed by atoms with Gasteiger partial charge in [-0.25, -0.2) is 4.98 Å². The summed E-state index contributed by atoms with van der Waals surface area (Å²) in [6, 6.07) is 11.6. The average Bonchev–Trinajstić information content (AvgIpc) is 3.19. The summed E-state index contributed by atoms with van der Waals surface area (Å²) < 4.78 is 5.81. The van der Waals surface area contributed by atoms with Crippen molar-refractivity contribution in [2.75, 3.05) is 30.9 Å². The number of carbonyl (C=O) groups excluding carboxylic acids is 1. The largest absolute Gasteiger partial charge is 0.489 e. The van der Waals surface area contributed by atoms with Crippen molar-refractivity contribution in [2.45, 2.75) is 6.42 Å². The van der Waals surface area contributed by atoms with Crippen LogP contribution >= 0.6 is 0 Å². The Hall–Kier alpha value is -3.41. The van der Waals surface area contributed by atoms with Gasteiger partial charge in [-0.15, -0.1) is 0 Å². The number of nitrogens with zero attached hydrogens (tertiary/aromatic N) is 3. The molecule has 3 aromatic rings. The van der Waals surface area contributed by atoms with E-state index >= 15 is 0 Å². The Labute approximate surface area is 157 Å². The molecule has 1 amide bonds. The van der Waals surface area contributed by atoms with Gasteiger partial charge in [0.2, 0.25) is 0 Å².